The molecular formula is C27H40N2O. The molecule has 1 aliphatic carbocycles. The molecule has 1 heterocycles. The van der Waals surface area contributed by atoms with E-state index in [1.165, 1.54) is 69.9 Å². The van der Waals surface area contributed by atoms with Crippen LogP contribution in [0.5, 0.6) is 5.75 Å². The quantitative estimate of drug-likeness (QED) is 0.334. The van der Waals surface area contributed by atoms with E-state index in [0.717, 1.165) is 42.4 Å². The summed E-state index contributed by atoms with van der Waals surface area (Å²) in [6.45, 7) is 5.25. The Bertz CT molecular complexity index is 703. The van der Waals surface area contributed by atoms with E-state index in [0.29, 0.717) is 5.92 Å². The second kappa shape index (κ2) is 12.7. The molecule has 0 spiro atoms. The molecular weight excluding hydrogens is 368 g/mol. The fourth-order valence-electron chi connectivity index (χ4n) is 4.55. The minimum atomic E-state index is 0.595. The molecule has 1 aliphatic rings. The highest BCUT2D eigenvalue weighted by Crippen LogP contribution is 2.37. The van der Waals surface area contributed by atoms with Gasteiger partial charge in [0.1, 0.15) is 5.75 Å². The Kier molecular flexibility index (Phi) is 9.66. The molecule has 3 heteroatoms. The van der Waals surface area contributed by atoms with E-state index in [-0.39, 0.29) is 0 Å². The molecule has 0 saturated heterocycles. The monoisotopic (exact) mass is 408 g/mol. The number of aromatic nitrogens is 2. The number of rotatable bonds is 12. The highest BCUT2D eigenvalue weighted by molar-refractivity contribution is 5.59. The van der Waals surface area contributed by atoms with Gasteiger partial charge in [-0.1, -0.05) is 58.8 Å². The average molecular weight is 409 g/mol. The number of hydrogen-bond donors (Lipinski definition) is 0. The summed E-state index contributed by atoms with van der Waals surface area (Å²) in [5.74, 6) is 2.46. The highest BCUT2D eigenvalue weighted by Gasteiger charge is 2.23. The van der Waals surface area contributed by atoms with Gasteiger partial charge >= 0.3 is 0 Å². The lowest BCUT2D eigenvalue weighted by Crippen LogP contribution is -2.14. The van der Waals surface area contributed by atoms with E-state index in [1.807, 2.05) is 12.1 Å². The molecule has 0 aliphatic heterocycles. The SMILES string of the molecule is CCCCCCCC1CCC(c2ccc(-c3ccc(OCCCC)cc3)nn2)CC1. The van der Waals surface area contributed by atoms with Crippen molar-refractivity contribution in [3.05, 3.63) is 42.1 Å². The van der Waals surface area contributed by atoms with Gasteiger partial charge in [-0.25, -0.2) is 0 Å². The standard InChI is InChI=1S/C27H40N2O/c1-3-5-7-8-9-10-22-11-13-23(14-12-22)26-19-20-27(29-28-26)24-15-17-25(18-16-24)30-21-6-4-2/h15-20,22-23H,3-14,21H2,1-2H3. The zero-order valence-electron chi connectivity index (χ0n) is 19.1. The van der Waals surface area contributed by atoms with Gasteiger partial charge in [0.15, 0.2) is 0 Å². The molecule has 3 rings (SSSR count). The van der Waals surface area contributed by atoms with Crippen LogP contribution in [0.25, 0.3) is 11.3 Å². The lowest BCUT2D eigenvalue weighted by molar-refractivity contribution is 0.298. The van der Waals surface area contributed by atoms with Crippen LogP contribution in [0.4, 0.5) is 0 Å². The molecule has 0 N–H and O–H groups in total. The zero-order chi connectivity index (χ0) is 21.0. The van der Waals surface area contributed by atoms with E-state index in [9.17, 15) is 0 Å². The van der Waals surface area contributed by atoms with E-state index >= 15 is 0 Å². The predicted octanol–water partition coefficient (Wildman–Crippen LogP) is 7.96. The minimum Gasteiger partial charge on any atom is -0.494 e. The Hall–Kier alpha value is -1.90. The van der Waals surface area contributed by atoms with Crippen molar-refractivity contribution in [2.24, 2.45) is 5.92 Å². The fraction of sp³-hybridized carbons (Fsp3) is 0.630. The molecule has 1 aromatic heterocycles. The van der Waals surface area contributed by atoms with Crippen molar-refractivity contribution in [2.75, 3.05) is 6.61 Å². The van der Waals surface area contributed by atoms with Crippen LogP contribution in [0.1, 0.15) is 103 Å². The van der Waals surface area contributed by atoms with E-state index in [1.54, 1.807) is 0 Å². The fourth-order valence-corrected chi connectivity index (χ4v) is 4.55. The number of ether oxygens (including phenoxy) is 1. The Morgan fingerprint density at radius 2 is 1.50 bits per heavy atom. The topological polar surface area (TPSA) is 35.0 Å². The first-order chi connectivity index (χ1) is 14.8. The van der Waals surface area contributed by atoms with Crippen molar-refractivity contribution >= 4 is 0 Å². The van der Waals surface area contributed by atoms with Crippen LogP contribution in [-0.4, -0.2) is 16.8 Å². The average Bonchev–Trinajstić information content (AvgIpc) is 2.80. The summed E-state index contributed by atoms with van der Waals surface area (Å²) in [4.78, 5) is 0. The first-order valence-corrected chi connectivity index (χ1v) is 12.4. The molecule has 3 nitrogen and oxygen atoms in total. The number of unbranched alkanes of at least 4 members (excludes halogenated alkanes) is 5. The Morgan fingerprint density at radius 1 is 0.767 bits per heavy atom. The molecule has 0 atom stereocenters. The molecule has 1 saturated carbocycles. The van der Waals surface area contributed by atoms with Gasteiger partial charge in [0.2, 0.25) is 0 Å². The van der Waals surface area contributed by atoms with Crippen LogP contribution < -0.4 is 4.74 Å². The summed E-state index contributed by atoms with van der Waals surface area (Å²) in [6, 6.07) is 12.6. The third kappa shape index (κ3) is 7.11. The summed E-state index contributed by atoms with van der Waals surface area (Å²) in [5.41, 5.74) is 3.22. The smallest absolute Gasteiger partial charge is 0.119 e. The molecule has 0 radical (unpaired) electrons. The van der Waals surface area contributed by atoms with Crippen LogP contribution in [0.15, 0.2) is 36.4 Å². The molecule has 0 unspecified atom stereocenters. The van der Waals surface area contributed by atoms with Crippen molar-refractivity contribution in [3.63, 3.8) is 0 Å². The van der Waals surface area contributed by atoms with Crippen LogP contribution in [-0.2, 0) is 0 Å². The highest BCUT2D eigenvalue weighted by atomic mass is 16.5. The zero-order valence-corrected chi connectivity index (χ0v) is 19.1. The van der Waals surface area contributed by atoms with Gasteiger partial charge in [-0.2, -0.15) is 10.2 Å². The van der Waals surface area contributed by atoms with Crippen molar-refractivity contribution < 1.29 is 4.74 Å². The van der Waals surface area contributed by atoms with Gasteiger partial charge < -0.3 is 4.74 Å². The maximum absolute atomic E-state index is 5.75. The van der Waals surface area contributed by atoms with Gasteiger partial charge in [0, 0.05) is 11.5 Å². The minimum absolute atomic E-state index is 0.595. The lowest BCUT2D eigenvalue weighted by atomic mass is 9.78. The van der Waals surface area contributed by atoms with Crippen molar-refractivity contribution in [3.8, 4) is 17.0 Å². The van der Waals surface area contributed by atoms with E-state index in [2.05, 4.69) is 48.3 Å². The van der Waals surface area contributed by atoms with E-state index in [4.69, 9.17) is 4.74 Å². The van der Waals surface area contributed by atoms with Gasteiger partial charge in [-0.3, -0.25) is 0 Å². The first kappa shape index (κ1) is 22.8. The van der Waals surface area contributed by atoms with Crippen LogP contribution in [0.3, 0.4) is 0 Å². The van der Waals surface area contributed by atoms with Gasteiger partial charge in [0.05, 0.1) is 18.0 Å². The Balaban J connectivity index is 1.44. The molecule has 0 bridgehead atoms. The largest absolute Gasteiger partial charge is 0.494 e. The second-order valence-electron chi connectivity index (χ2n) is 8.99. The van der Waals surface area contributed by atoms with Crippen molar-refractivity contribution in [1.29, 1.82) is 0 Å². The second-order valence-corrected chi connectivity index (χ2v) is 8.99. The van der Waals surface area contributed by atoms with Gasteiger partial charge in [-0.05, 0) is 74.4 Å². The maximum Gasteiger partial charge on any atom is 0.119 e. The molecule has 1 aromatic carbocycles. The van der Waals surface area contributed by atoms with Crippen LogP contribution in [0.2, 0.25) is 0 Å². The third-order valence-electron chi connectivity index (χ3n) is 6.58. The lowest BCUT2D eigenvalue weighted by Gasteiger charge is -2.28. The third-order valence-corrected chi connectivity index (χ3v) is 6.58. The summed E-state index contributed by atoms with van der Waals surface area (Å²) < 4.78 is 5.75. The molecule has 0 amide bonds. The normalized spacial score (nSPS) is 19.0. The van der Waals surface area contributed by atoms with Crippen molar-refractivity contribution in [1.82, 2.24) is 10.2 Å². The molecule has 1 fully saturated rings. The first-order valence-electron chi connectivity index (χ1n) is 12.4. The number of nitrogens with zero attached hydrogens (tertiary/aromatic N) is 2. The predicted molar refractivity (Wildman–Crippen MR) is 126 cm³/mol. The van der Waals surface area contributed by atoms with Gasteiger partial charge in [0.25, 0.3) is 0 Å². The number of hydrogen-bond acceptors (Lipinski definition) is 3. The van der Waals surface area contributed by atoms with Crippen molar-refractivity contribution in [2.45, 2.75) is 96.8 Å². The van der Waals surface area contributed by atoms with Crippen LogP contribution in [0, 0.1) is 5.92 Å². The molecule has 164 valence electrons. The van der Waals surface area contributed by atoms with Crippen LogP contribution >= 0.6 is 0 Å². The van der Waals surface area contributed by atoms with Gasteiger partial charge in [-0.15, -0.1) is 0 Å². The molecule has 2 aromatic rings. The number of benzene rings is 1. The summed E-state index contributed by atoms with van der Waals surface area (Å²) in [5, 5.41) is 9.14. The summed E-state index contributed by atoms with van der Waals surface area (Å²) >= 11 is 0. The Morgan fingerprint density at radius 3 is 2.17 bits per heavy atom. The summed E-state index contributed by atoms with van der Waals surface area (Å²) in [6.07, 6.45) is 16.0. The molecule has 30 heavy (non-hydrogen) atoms. The summed E-state index contributed by atoms with van der Waals surface area (Å²) in [7, 11) is 0. The van der Waals surface area contributed by atoms with E-state index < -0.39 is 0 Å². The maximum atomic E-state index is 5.75. The Labute approximate surface area is 183 Å².